The minimum absolute atomic E-state index is 0.0899. The number of hydrazine groups is 1. The summed E-state index contributed by atoms with van der Waals surface area (Å²) in [5.74, 6) is -0.550. The van der Waals surface area contributed by atoms with E-state index < -0.39 is 5.92 Å². The van der Waals surface area contributed by atoms with Crippen molar-refractivity contribution in [1.29, 1.82) is 0 Å². The second-order valence-electron chi connectivity index (χ2n) is 13.6. The summed E-state index contributed by atoms with van der Waals surface area (Å²) in [7, 11) is 0. The van der Waals surface area contributed by atoms with E-state index in [0.29, 0.717) is 12.2 Å². The number of benzene rings is 1. The molecule has 0 aromatic heterocycles. The highest BCUT2D eigenvalue weighted by Gasteiger charge is 2.38. The van der Waals surface area contributed by atoms with E-state index in [1.165, 1.54) is 32.1 Å². The molecule has 2 N–H and O–H groups in total. The molecule has 39 heavy (non-hydrogen) atoms. The van der Waals surface area contributed by atoms with Crippen LogP contribution in [-0.4, -0.2) is 27.8 Å². The molecule has 0 aliphatic carbocycles. The van der Waals surface area contributed by atoms with E-state index in [4.69, 9.17) is 0 Å². The van der Waals surface area contributed by atoms with Crippen LogP contribution in [0.15, 0.2) is 24.3 Å². The number of amides is 3. The fourth-order valence-corrected chi connectivity index (χ4v) is 4.95. The molecule has 1 aliphatic rings. The molecule has 0 bridgehead atoms. The highest BCUT2D eigenvalue weighted by molar-refractivity contribution is 6.05. The molecule has 1 fully saturated rings. The Morgan fingerprint density at radius 2 is 1.56 bits per heavy atom. The van der Waals surface area contributed by atoms with Crippen LogP contribution < -0.4 is 5.43 Å². The van der Waals surface area contributed by atoms with Crippen molar-refractivity contribution in [2.75, 3.05) is 0 Å². The van der Waals surface area contributed by atoms with Gasteiger partial charge in [-0.05, 0) is 52.7 Å². The Kier molecular flexibility index (Phi) is 11.8. The monoisotopic (exact) mass is 540 g/mol. The molecule has 1 saturated heterocycles. The van der Waals surface area contributed by atoms with E-state index in [2.05, 4.69) is 60.8 Å². The zero-order chi connectivity index (χ0) is 29.4. The Balaban J connectivity index is 1.88. The average molecular weight is 541 g/mol. The van der Waals surface area contributed by atoms with Gasteiger partial charge in [-0.15, -0.1) is 0 Å². The summed E-state index contributed by atoms with van der Waals surface area (Å²) in [6, 6.07) is 3.91. The molecule has 1 heterocycles. The molecular formula is C33H52N2O4. The lowest BCUT2D eigenvalue weighted by molar-refractivity contribution is -0.148. The molecular weight excluding hydrogens is 488 g/mol. The number of rotatable bonds is 13. The number of aromatic hydroxyl groups is 1. The Bertz CT molecular complexity index is 992. The van der Waals surface area contributed by atoms with E-state index >= 15 is 0 Å². The van der Waals surface area contributed by atoms with Crippen LogP contribution in [0.4, 0.5) is 0 Å². The van der Waals surface area contributed by atoms with E-state index in [9.17, 15) is 19.5 Å². The van der Waals surface area contributed by atoms with Gasteiger partial charge in [-0.1, -0.05) is 112 Å². The number of phenols is 1. The predicted octanol–water partition coefficient (Wildman–Crippen LogP) is 7.27. The molecule has 218 valence electrons. The van der Waals surface area contributed by atoms with Gasteiger partial charge in [-0.3, -0.25) is 19.8 Å². The second-order valence-corrected chi connectivity index (χ2v) is 13.6. The first-order valence-corrected chi connectivity index (χ1v) is 14.8. The summed E-state index contributed by atoms with van der Waals surface area (Å²) in [4.78, 5) is 38.0. The van der Waals surface area contributed by atoms with Crippen molar-refractivity contribution in [2.24, 2.45) is 11.8 Å². The number of carbonyl (C=O) groups excluding carboxylic acids is 3. The average Bonchev–Trinajstić information content (AvgIpc) is 3.08. The van der Waals surface area contributed by atoms with Crippen molar-refractivity contribution in [3.05, 3.63) is 41.0 Å². The first-order chi connectivity index (χ1) is 18.1. The van der Waals surface area contributed by atoms with Crippen LogP contribution in [-0.2, 0) is 31.6 Å². The lowest BCUT2D eigenvalue weighted by atomic mass is 9.78. The molecule has 3 amide bonds. The van der Waals surface area contributed by atoms with Gasteiger partial charge in [-0.2, -0.15) is 5.01 Å². The van der Waals surface area contributed by atoms with Gasteiger partial charge >= 0.3 is 0 Å². The maximum absolute atomic E-state index is 12.8. The van der Waals surface area contributed by atoms with Crippen LogP contribution in [0.2, 0.25) is 0 Å². The second kappa shape index (κ2) is 14.1. The van der Waals surface area contributed by atoms with Crippen molar-refractivity contribution in [1.82, 2.24) is 10.4 Å². The molecule has 0 saturated carbocycles. The van der Waals surface area contributed by atoms with E-state index in [1.807, 2.05) is 24.3 Å². The number of nitrogens with zero attached hydrogens (tertiary/aromatic N) is 1. The summed E-state index contributed by atoms with van der Waals surface area (Å²) >= 11 is 0. The van der Waals surface area contributed by atoms with Gasteiger partial charge in [0.2, 0.25) is 11.8 Å². The highest BCUT2D eigenvalue weighted by Crippen LogP contribution is 2.40. The summed E-state index contributed by atoms with van der Waals surface area (Å²) in [5.41, 5.74) is 4.64. The lowest BCUT2D eigenvalue weighted by Crippen LogP contribution is -2.46. The molecule has 0 spiro atoms. The minimum atomic E-state index is -0.510. The highest BCUT2D eigenvalue weighted by atomic mass is 16.3. The third kappa shape index (κ3) is 10.1. The molecule has 0 radical (unpaired) electrons. The molecule has 2 rings (SSSR count). The van der Waals surface area contributed by atoms with Gasteiger partial charge in [0, 0.05) is 12.8 Å². The summed E-state index contributed by atoms with van der Waals surface area (Å²) < 4.78 is 0. The zero-order valence-electron chi connectivity index (χ0n) is 25.7. The van der Waals surface area contributed by atoms with Crippen LogP contribution in [0.25, 0.3) is 0 Å². The van der Waals surface area contributed by atoms with E-state index in [1.54, 1.807) is 0 Å². The van der Waals surface area contributed by atoms with Gasteiger partial charge in [0.1, 0.15) is 5.75 Å². The first kappa shape index (κ1) is 32.6. The lowest BCUT2D eigenvalue weighted by Gasteiger charge is -2.28. The van der Waals surface area contributed by atoms with Crippen LogP contribution in [0, 0.1) is 11.8 Å². The number of allylic oxidation sites excluding steroid dienone is 1. The van der Waals surface area contributed by atoms with Crippen LogP contribution in [0.5, 0.6) is 5.75 Å². The van der Waals surface area contributed by atoms with Crippen molar-refractivity contribution in [3.8, 4) is 5.75 Å². The Morgan fingerprint density at radius 3 is 2.13 bits per heavy atom. The summed E-state index contributed by atoms with van der Waals surface area (Å²) in [5, 5.41) is 11.8. The molecule has 6 heteroatoms. The molecule has 1 unspecified atom stereocenters. The largest absolute Gasteiger partial charge is 0.507 e. The standard InChI is InChI=1S/C33H52N2O4/c1-23(2)16-14-12-10-9-11-13-15-17-25-22-29(37)35(31(25)39)34-28(36)19-18-24-20-26(32(3,4)5)30(38)27(21-24)33(6,7)8/h15,17,20-21,23,25,38H,9-14,16,18-19,22H2,1-8H3,(H,34,36). The van der Waals surface area contributed by atoms with Gasteiger partial charge < -0.3 is 5.11 Å². The first-order valence-electron chi connectivity index (χ1n) is 14.8. The number of hydrogen-bond acceptors (Lipinski definition) is 4. The minimum Gasteiger partial charge on any atom is -0.507 e. The van der Waals surface area contributed by atoms with Crippen molar-refractivity contribution in [2.45, 2.75) is 130 Å². The molecule has 1 aliphatic heterocycles. The summed E-state index contributed by atoms with van der Waals surface area (Å²) in [6.45, 7) is 16.8. The number of hydrogen-bond donors (Lipinski definition) is 2. The van der Waals surface area contributed by atoms with Crippen molar-refractivity contribution in [3.63, 3.8) is 0 Å². The zero-order valence-corrected chi connectivity index (χ0v) is 25.7. The predicted molar refractivity (Wildman–Crippen MR) is 158 cm³/mol. The van der Waals surface area contributed by atoms with Crippen molar-refractivity contribution >= 4 is 17.7 Å². The molecule has 1 atom stereocenters. The van der Waals surface area contributed by atoms with Gasteiger partial charge in [0.05, 0.1) is 5.92 Å². The van der Waals surface area contributed by atoms with E-state index in [-0.39, 0.29) is 41.4 Å². The fourth-order valence-electron chi connectivity index (χ4n) is 4.95. The Hall–Kier alpha value is -2.63. The number of aryl methyl sites for hydroxylation is 1. The van der Waals surface area contributed by atoms with Gasteiger partial charge in [0.25, 0.3) is 5.91 Å². The number of unbranched alkanes of at least 4 members (excludes halogenated alkanes) is 5. The van der Waals surface area contributed by atoms with Crippen LogP contribution in [0.1, 0.15) is 130 Å². The topological polar surface area (TPSA) is 86.7 Å². The van der Waals surface area contributed by atoms with E-state index in [0.717, 1.165) is 40.5 Å². The Morgan fingerprint density at radius 1 is 1.00 bits per heavy atom. The quantitative estimate of drug-likeness (QED) is 0.156. The molecule has 1 aromatic carbocycles. The normalized spacial score (nSPS) is 16.6. The number of phenolic OH excluding ortho intramolecular Hbond substituents is 1. The smallest absolute Gasteiger partial charge is 0.255 e. The SMILES string of the molecule is CC(C)CCCCCCCC=CC1CC(=O)N(NC(=O)CCc2cc(C(C)(C)C)c(O)c(C(C)(C)C)c2)C1=O. The fraction of sp³-hybridized carbons (Fsp3) is 0.667. The van der Waals surface area contributed by atoms with Crippen molar-refractivity contribution < 1.29 is 19.5 Å². The van der Waals surface area contributed by atoms with Crippen LogP contribution in [0.3, 0.4) is 0 Å². The Labute approximate surface area is 236 Å². The van der Waals surface area contributed by atoms with Crippen LogP contribution >= 0.6 is 0 Å². The van der Waals surface area contributed by atoms with Gasteiger partial charge in [0.15, 0.2) is 0 Å². The number of nitrogens with one attached hydrogen (secondary N) is 1. The third-order valence-electron chi connectivity index (χ3n) is 7.37. The number of imide groups is 1. The summed E-state index contributed by atoms with van der Waals surface area (Å²) in [6.07, 6.45) is 12.7. The third-order valence-corrected chi connectivity index (χ3v) is 7.37. The maximum atomic E-state index is 12.8. The van der Waals surface area contributed by atoms with Gasteiger partial charge in [-0.25, -0.2) is 0 Å². The number of carbonyl (C=O) groups is 3. The molecule has 1 aromatic rings. The molecule has 6 nitrogen and oxygen atoms in total. The maximum Gasteiger partial charge on any atom is 0.255 e.